The Hall–Kier alpha value is -3.89. The fraction of sp³-hybridized carbons (Fsp3) is 0.273. The Kier molecular flexibility index (Phi) is 5.03. The lowest BCUT2D eigenvalue weighted by Crippen LogP contribution is -2.53. The summed E-state index contributed by atoms with van der Waals surface area (Å²) in [6.45, 7) is 1.47. The van der Waals surface area contributed by atoms with Crippen LogP contribution in [0.2, 0.25) is 0 Å². The van der Waals surface area contributed by atoms with Crippen LogP contribution in [0.1, 0.15) is 16.1 Å². The lowest BCUT2D eigenvalue weighted by atomic mass is 10.1. The summed E-state index contributed by atoms with van der Waals surface area (Å²) in [5.74, 6) is 0.165. The summed E-state index contributed by atoms with van der Waals surface area (Å²) in [7, 11) is 0. The molecular formula is C22H17F3N4O4. The van der Waals surface area contributed by atoms with Crippen LogP contribution in [0.5, 0.6) is 11.6 Å². The molecule has 33 heavy (non-hydrogen) atoms. The van der Waals surface area contributed by atoms with Crippen LogP contribution in [-0.2, 0) is 10.9 Å². The number of pyridine rings is 2. The number of amides is 2. The molecule has 2 aliphatic rings. The van der Waals surface area contributed by atoms with Crippen molar-refractivity contribution in [1.82, 2.24) is 19.8 Å². The normalized spacial score (nSPS) is 18.3. The third-order valence-corrected chi connectivity index (χ3v) is 5.57. The zero-order valence-electron chi connectivity index (χ0n) is 17.1. The minimum absolute atomic E-state index is 0.0237. The van der Waals surface area contributed by atoms with Gasteiger partial charge in [0.1, 0.15) is 18.1 Å². The van der Waals surface area contributed by atoms with E-state index >= 15 is 0 Å². The van der Waals surface area contributed by atoms with Gasteiger partial charge in [-0.3, -0.25) is 9.69 Å². The van der Waals surface area contributed by atoms with Crippen molar-refractivity contribution in [3.63, 3.8) is 0 Å². The number of carbonyl (C=O) groups is 2. The number of halogens is 3. The van der Waals surface area contributed by atoms with Gasteiger partial charge in [0.15, 0.2) is 0 Å². The summed E-state index contributed by atoms with van der Waals surface area (Å²) in [5.41, 5.74) is -0.0194. The fourth-order valence-corrected chi connectivity index (χ4v) is 3.85. The number of carbonyl (C=O) groups excluding carboxylic acids is 2. The molecule has 2 saturated heterocycles. The summed E-state index contributed by atoms with van der Waals surface area (Å²) >= 11 is 0. The van der Waals surface area contributed by atoms with Gasteiger partial charge in [-0.25, -0.2) is 14.8 Å². The van der Waals surface area contributed by atoms with E-state index in [1.807, 2.05) is 0 Å². The quantitative estimate of drug-likeness (QED) is 0.595. The van der Waals surface area contributed by atoms with E-state index < -0.39 is 11.7 Å². The molecular weight excluding hydrogens is 441 g/mol. The summed E-state index contributed by atoms with van der Waals surface area (Å²) in [6, 6.07) is 10.2. The zero-order valence-corrected chi connectivity index (χ0v) is 17.1. The minimum Gasteiger partial charge on any atom is -0.447 e. The number of benzene rings is 1. The highest BCUT2D eigenvalue weighted by molar-refractivity contribution is 5.95. The average Bonchev–Trinajstić information content (AvgIpc) is 3.18. The number of aromatic nitrogens is 2. The molecule has 0 radical (unpaired) electrons. The van der Waals surface area contributed by atoms with E-state index in [0.717, 1.165) is 12.1 Å². The van der Waals surface area contributed by atoms with Gasteiger partial charge >= 0.3 is 12.3 Å². The molecule has 4 heterocycles. The number of ether oxygens (including phenoxy) is 2. The molecule has 1 aromatic carbocycles. The SMILES string of the molecule is O=C(c1ccc2cc(Oc3ccc(C(F)(F)F)cn3)ccc2n1)N1CCN2C(=O)OC[C@H]2C1. The Morgan fingerprint density at radius 3 is 2.73 bits per heavy atom. The van der Waals surface area contributed by atoms with Gasteiger partial charge in [-0.1, -0.05) is 6.07 Å². The standard InChI is InChI=1S/C22H17F3N4O4/c23-22(24,25)14-2-6-19(26-10-14)33-16-3-5-17-13(9-16)1-4-18(27-17)20(30)28-7-8-29-15(11-28)12-32-21(29)31/h1-6,9-10,15H,7-8,11-12H2/t15-/m1/s1. The van der Waals surface area contributed by atoms with E-state index in [1.165, 1.54) is 0 Å². The topological polar surface area (TPSA) is 84.9 Å². The molecule has 0 N–H and O–H groups in total. The number of cyclic esters (lactones) is 1. The van der Waals surface area contributed by atoms with Crippen LogP contribution in [0.3, 0.4) is 0 Å². The molecule has 0 saturated carbocycles. The number of fused-ring (bicyclic) bond motifs is 2. The summed E-state index contributed by atoms with van der Waals surface area (Å²) in [4.78, 5) is 36.0. The third kappa shape index (κ3) is 4.13. The zero-order chi connectivity index (χ0) is 23.2. The van der Waals surface area contributed by atoms with Crippen LogP contribution >= 0.6 is 0 Å². The van der Waals surface area contributed by atoms with E-state index in [1.54, 1.807) is 40.1 Å². The van der Waals surface area contributed by atoms with Gasteiger partial charge in [0.05, 0.1) is 17.1 Å². The molecule has 5 rings (SSSR count). The highest BCUT2D eigenvalue weighted by atomic mass is 19.4. The Morgan fingerprint density at radius 1 is 1.12 bits per heavy atom. The second-order valence-electron chi connectivity index (χ2n) is 7.71. The molecule has 2 fully saturated rings. The first kappa shape index (κ1) is 21.0. The number of piperazine rings is 1. The first-order chi connectivity index (χ1) is 15.8. The Balaban J connectivity index is 1.30. The maximum atomic E-state index is 12.9. The van der Waals surface area contributed by atoms with Gasteiger partial charge in [-0.05, 0) is 30.3 Å². The Labute approximate surface area is 185 Å². The fourth-order valence-electron chi connectivity index (χ4n) is 3.85. The third-order valence-electron chi connectivity index (χ3n) is 5.57. The van der Waals surface area contributed by atoms with Crippen LogP contribution in [0.15, 0.2) is 48.7 Å². The van der Waals surface area contributed by atoms with Crippen LogP contribution in [-0.4, -0.2) is 64.1 Å². The molecule has 0 aliphatic carbocycles. The van der Waals surface area contributed by atoms with Crippen molar-refractivity contribution in [2.75, 3.05) is 26.2 Å². The highest BCUT2D eigenvalue weighted by Gasteiger charge is 2.39. The van der Waals surface area contributed by atoms with Gasteiger partial charge in [0, 0.05) is 37.3 Å². The lowest BCUT2D eigenvalue weighted by molar-refractivity contribution is -0.137. The molecule has 0 spiro atoms. The average molecular weight is 458 g/mol. The Bertz CT molecular complexity index is 1230. The van der Waals surface area contributed by atoms with Crippen molar-refractivity contribution < 1.29 is 32.2 Å². The smallest absolute Gasteiger partial charge is 0.417 e. The maximum Gasteiger partial charge on any atom is 0.417 e. The van der Waals surface area contributed by atoms with Crippen molar-refractivity contribution >= 4 is 22.9 Å². The maximum absolute atomic E-state index is 12.9. The molecule has 0 bridgehead atoms. The van der Waals surface area contributed by atoms with Crippen LogP contribution < -0.4 is 4.74 Å². The van der Waals surface area contributed by atoms with Crippen LogP contribution in [0, 0.1) is 0 Å². The first-order valence-electron chi connectivity index (χ1n) is 10.1. The number of hydrogen-bond acceptors (Lipinski definition) is 6. The number of rotatable bonds is 3. The van der Waals surface area contributed by atoms with Crippen molar-refractivity contribution in [3.05, 3.63) is 59.9 Å². The highest BCUT2D eigenvalue weighted by Crippen LogP contribution is 2.30. The van der Waals surface area contributed by atoms with E-state index in [2.05, 4.69) is 9.97 Å². The molecule has 3 aromatic rings. The predicted octanol–water partition coefficient (Wildman–Crippen LogP) is 3.72. The van der Waals surface area contributed by atoms with Crippen molar-refractivity contribution in [2.24, 2.45) is 0 Å². The minimum atomic E-state index is -4.47. The van der Waals surface area contributed by atoms with Gasteiger partial charge < -0.3 is 14.4 Å². The van der Waals surface area contributed by atoms with Gasteiger partial charge in [0.2, 0.25) is 5.88 Å². The van der Waals surface area contributed by atoms with Gasteiger partial charge in [-0.15, -0.1) is 0 Å². The van der Waals surface area contributed by atoms with Gasteiger partial charge in [0.25, 0.3) is 5.91 Å². The second kappa shape index (κ2) is 7.91. The number of hydrogen-bond donors (Lipinski definition) is 0. The van der Waals surface area contributed by atoms with E-state index in [0.29, 0.717) is 42.5 Å². The molecule has 170 valence electrons. The molecule has 2 aliphatic heterocycles. The molecule has 8 nitrogen and oxygen atoms in total. The monoisotopic (exact) mass is 458 g/mol. The number of nitrogens with zero attached hydrogens (tertiary/aromatic N) is 4. The molecule has 11 heteroatoms. The molecule has 2 aromatic heterocycles. The van der Waals surface area contributed by atoms with E-state index in [-0.39, 0.29) is 36.2 Å². The summed E-state index contributed by atoms with van der Waals surface area (Å²) in [5, 5.41) is 0.690. The van der Waals surface area contributed by atoms with E-state index in [4.69, 9.17) is 9.47 Å². The van der Waals surface area contributed by atoms with Crippen molar-refractivity contribution in [3.8, 4) is 11.6 Å². The van der Waals surface area contributed by atoms with E-state index in [9.17, 15) is 22.8 Å². The largest absolute Gasteiger partial charge is 0.447 e. The van der Waals surface area contributed by atoms with Crippen LogP contribution in [0.25, 0.3) is 10.9 Å². The van der Waals surface area contributed by atoms with Crippen molar-refractivity contribution in [1.29, 1.82) is 0 Å². The van der Waals surface area contributed by atoms with Gasteiger partial charge in [-0.2, -0.15) is 13.2 Å². The molecule has 2 amide bonds. The lowest BCUT2D eigenvalue weighted by Gasteiger charge is -2.35. The summed E-state index contributed by atoms with van der Waals surface area (Å²) < 4.78 is 48.6. The number of alkyl halides is 3. The summed E-state index contributed by atoms with van der Waals surface area (Å²) in [6.07, 6.45) is -4.10. The molecule has 0 unspecified atom stereocenters. The predicted molar refractivity (Wildman–Crippen MR) is 109 cm³/mol. The Morgan fingerprint density at radius 2 is 1.97 bits per heavy atom. The second-order valence-corrected chi connectivity index (χ2v) is 7.71. The van der Waals surface area contributed by atoms with Crippen molar-refractivity contribution in [2.45, 2.75) is 12.2 Å². The first-order valence-corrected chi connectivity index (χ1v) is 10.1. The van der Waals surface area contributed by atoms with Crippen LogP contribution in [0.4, 0.5) is 18.0 Å². The molecule has 1 atom stereocenters.